The largest absolute Gasteiger partial charge is 0.310 e. The summed E-state index contributed by atoms with van der Waals surface area (Å²) in [5, 5.41) is 5.41. The molecule has 0 atom stereocenters. The maximum absolute atomic E-state index is 2.69. The molecule has 0 unspecified atom stereocenters. The Balaban J connectivity index is 1.10. The Morgan fingerprint density at radius 1 is 0.384 bits per heavy atom. The number of benzene rings is 7. The van der Waals surface area contributed by atoms with Crippen molar-refractivity contribution in [2.45, 2.75) is 150 Å². The molecule has 0 spiro atoms. The number of hydrogen-bond donors (Lipinski definition) is 0. The van der Waals surface area contributed by atoms with Gasteiger partial charge in [0.2, 0.25) is 0 Å². The minimum absolute atomic E-state index is 0.0423. The van der Waals surface area contributed by atoms with Gasteiger partial charge in [0.15, 0.2) is 0 Å². The zero-order valence-corrected chi connectivity index (χ0v) is 47.4. The van der Waals surface area contributed by atoms with E-state index in [-0.39, 0.29) is 32.5 Å². The molecule has 0 amide bonds. The Bertz CT molecular complexity index is 3620. The van der Waals surface area contributed by atoms with Gasteiger partial charge in [-0.05, 0) is 151 Å². The standard InChI is InChI=1S/C69H75N3S/c1-64(2,3)42-18-26-47(27-19-42)70(48-28-20-43(21-29-48)65(4,5)6)51-34-36-53-57(40-51)69(16,17)62-59(53)55-38-46(68(13,14)15)39-56-60-54-37-35-52(41-58(54)73-63(60)72(62)61(55)56)71(49-30-22-44(23-31-49)66(7,8)9)50-32-24-45(25-33-50)67(10,11)12/h18-41H,1-17H3. The molecule has 73 heavy (non-hydrogen) atoms. The molecule has 0 fully saturated rings. The Hall–Kier alpha value is -6.36. The van der Waals surface area contributed by atoms with Gasteiger partial charge in [-0.25, -0.2) is 0 Å². The third kappa shape index (κ3) is 8.06. The Kier molecular flexibility index (Phi) is 10.9. The molecule has 372 valence electrons. The molecule has 7 aromatic carbocycles. The molecule has 0 aliphatic heterocycles. The van der Waals surface area contributed by atoms with Crippen molar-refractivity contribution in [3.05, 3.63) is 185 Å². The summed E-state index contributed by atoms with van der Waals surface area (Å²) in [6.07, 6.45) is 0. The van der Waals surface area contributed by atoms with Crippen molar-refractivity contribution in [1.29, 1.82) is 0 Å². The number of nitrogens with zero attached hydrogens (tertiary/aromatic N) is 3. The highest BCUT2D eigenvalue weighted by atomic mass is 32.1. The Labute approximate surface area is 439 Å². The van der Waals surface area contributed by atoms with Gasteiger partial charge in [-0.2, -0.15) is 0 Å². The topological polar surface area (TPSA) is 10.9 Å². The molecule has 1 aliphatic rings. The fourth-order valence-electron chi connectivity index (χ4n) is 11.6. The Morgan fingerprint density at radius 2 is 0.753 bits per heavy atom. The van der Waals surface area contributed by atoms with Gasteiger partial charge < -0.3 is 14.2 Å². The van der Waals surface area contributed by atoms with E-state index in [2.05, 4.69) is 277 Å². The minimum Gasteiger partial charge on any atom is -0.310 e. The van der Waals surface area contributed by atoms with Crippen LogP contribution >= 0.6 is 11.3 Å². The van der Waals surface area contributed by atoms with Crippen molar-refractivity contribution >= 4 is 82.1 Å². The van der Waals surface area contributed by atoms with Crippen LogP contribution in [0.15, 0.2) is 146 Å². The average Bonchev–Trinajstić information content (AvgIpc) is 4.02. The van der Waals surface area contributed by atoms with Gasteiger partial charge in [0.1, 0.15) is 4.83 Å². The molecular weight excluding hydrogens is 903 g/mol. The number of fused-ring (bicyclic) bond motifs is 10. The van der Waals surface area contributed by atoms with Gasteiger partial charge in [-0.15, -0.1) is 11.3 Å². The maximum Gasteiger partial charge on any atom is 0.109 e. The lowest BCUT2D eigenvalue weighted by Crippen LogP contribution is -2.19. The lowest BCUT2D eigenvalue weighted by molar-refractivity contribution is 0.590. The van der Waals surface area contributed by atoms with E-state index in [0.29, 0.717) is 0 Å². The van der Waals surface area contributed by atoms with Crippen LogP contribution in [0.3, 0.4) is 0 Å². The summed E-state index contributed by atoms with van der Waals surface area (Å²) in [4.78, 5) is 6.23. The van der Waals surface area contributed by atoms with Gasteiger partial charge in [0, 0.05) is 77.0 Å². The molecule has 4 heteroatoms. The maximum atomic E-state index is 2.69. The molecule has 0 N–H and O–H groups in total. The summed E-state index contributed by atoms with van der Waals surface area (Å²) in [5.41, 5.74) is 20.4. The number of rotatable bonds is 6. The zero-order chi connectivity index (χ0) is 52.1. The van der Waals surface area contributed by atoms with Crippen molar-refractivity contribution in [2.75, 3.05) is 9.80 Å². The summed E-state index contributed by atoms with van der Waals surface area (Å²) in [5.74, 6) is 0. The monoisotopic (exact) mass is 978 g/mol. The van der Waals surface area contributed by atoms with Gasteiger partial charge in [-0.1, -0.05) is 178 Å². The first-order valence-electron chi connectivity index (χ1n) is 26.6. The third-order valence-electron chi connectivity index (χ3n) is 16.1. The van der Waals surface area contributed by atoms with Crippen LogP contribution in [-0.4, -0.2) is 4.40 Å². The first kappa shape index (κ1) is 48.9. The zero-order valence-electron chi connectivity index (χ0n) is 46.6. The second-order valence-electron chi connectivity index (χ2n) is 26.9. The van der Waals surface area contributed by atoms with E-state index in [1.54, 1.807) is 0 Å². The first-order chi connectivity index (χ1) is 34.1. The lowest BCUT2D eigenvalue weighted by Gasteiger charge is -2.29. The molecule has 0 saturated carbocycles. The van der Waals surface area contributed by atoms with Crippen LogP contribution in [0, 0.1) is 0 Å². The molecule has 3 nitrogen and oxygen atoms in total. The second kappa shape index (κ2) is 16.3. The van der Waals surface area contributed by atoms with E-state index >= 15 is 0 Å². The van der Waals surface area contributed by atoms with Crippen molar-refractivity contribution in [3.8, 4) is 11.1 Å². The van der Waals surface area contributed by atoms with E-state index < -0.39 is 0 Å². The van der Waals surface area contributed by atoms with E-state index in [9.17, 15) is 0 Å². The summed E-state index contributed by atoms with van der Waals surface area (Å²) in [6, 6.07) is 56.5. The summed E-state index contributed by atoms with van der Waals surface area (Å²) < 4.78 is 3.99. The smallest absolute Gasteiger partial charge is 0.109 e. The quantitative estimate of drug-likeness (QED) is 0.164. The predicted molar refractivity (Wildman–Crippen MR) is 319 cm³/mol. The minimum atomic E-state index is -0.297. The highest BCUT2D eigenvalue weighted by molar-refractivity contribution is 7.25. The number of hydrogen-bond acceptors (Lipinski definition) is 3. The van der Waals surface area contributed by atoms with Gasteiger partial charge in [-0.3, -0.25) is 0 Å². The SMILES string of the molecule is CC(C)(C)c1ccc(N(c2ccc(C(C)(C)C)cc2)c2ccc3c(c2)C(C)(C)c2c-3c3cc(C(C)(C)C)cc4c5c6ccc(N(c7ccc(C(C)(C)C)cc7)c7ccc(C(C)(C)C)cc7)cc6sc5n2c34)cc1. The average molecular weight is 978 g/mol. The van der Waals surface area contributed by atoms with Crippen LogP contribution < -0.4 is 9.80 Å². The number of anilines is 6. The number of aromatic nitrogens is 1. The van der Waals surface area contributed by atoms with E-state index in [1.807, 2.05) is 11.3 Å². The van der Waals surface area contributed by atoms with Gasteiger partial charge in [0.05, 0.1) is 5.52 Å². The van der Waals surface area contributed by atoms with Crippen molar-refractivity contribution < 1.29 is 0 Å². The Morgan fingerprint density at radius 3 is 1.16 bits per heavy atom. The third-order valence-corrected chi connectivity index (χ3v) is 17.2. The normalized spacial score (nSPS) is 14.2. The molecule has 0 saturated heterocycles. The van der Waals surface area contributed by atoms with Crippen molar-refractivity contribution in [3.63, 3.8) is 0 Å². The number of thiophene rings is 1. The van der Waals surface area contributed by atoms with Gasteiger partial charge in [0.25, 0.3) is 0 Å². The molecule has 0 radical (unpaired) electrons. The fourth-order valence-corrected chi connectivity index (χ4v) is 12.9. The van der Waals surface area contributed by atoms with Crippen molar-refractivity contribution in [2.24, 2.45) is 0 Å². The molecule has 11 rings (SSSR count). The molecule has 3 aromatic heterocycles. The molecule has 10 aromatic rings. The summed E-state index contributed by atoms with van der Waals surface area (Å²) >= 11 is 1.95. The van der Waals surface area contributed by atoms with Gasteiger partial charge >= 0.3 is 0 Å². The van der Waals surface area contributed by atoms with Crippen molar-refractivity contribution in [1.82, 2.24) is 4.40 Å². The van der Waals surface area contributed by atoms with Crippen LogP contribution in [0.1, 0.15) is 157 Å². The first-order valence-corrected chi connectivity index (χ1v) is 27.4. The molecular formula is C69H75N3S. The van der Waals surface area contributed by atoms with Crippen LogP contribution in [0.5, 0.6) is 0 Å². The van der Waals surface area contributed by atoms with Crippen LogP contribution in [0.4, 0.5) is 34.1 Å². The van der Waals surface area contributed by atoms with E-state index in [0.717, 1.165) is 28.4 Å². The van der Waals surface area contributed by atoms with E-state index in [1.165, 1.54) is 92.5 Å². The molecule has 0 bridgehead atoms. The molecule has 1 aliphatic carbocycles. The summed E-state index contributed by atoms with van der Waals surface area (Å²) in [7, 11) is 0. The van der Waals surface area contributed by atoms with Crippen LogP contribution in [0.25, 0.3) is 47.7 Å². The fraction of sp³-hybridized carbons (Fsp3) is 0.333. The van der Waals surface area contributed by atoms with Crippen LogP contribution in [-0.2, 0) is 32.5 Å². The second-order valence-corrected chi connectivity index (χ2v) is 27.9. The van der Waals surface area contributed by atoms with Crippen LogP contribution in [0.2, 0.25) is 0 Å². The predicted octanol–water partition coefficient (Wildman–Crippen LogP) is 20.6. The van der Waals surface area contributed by atoms with E-state index in [4.69, 9.17) is 0 Å². The highest BCUT2D eigenvalue weighted by Crippen LogP contribution is 2.58. The summed E-state index contributed by atoms with van der Waals surface area (Å²) in [6.45, 7) is 39.5. The highest BCUT2D eigenvalue weighted by Gasteiger charge is 2.43. The molecule has 3 heterocycles. The lowest BCUT2D eigenvalue weighted by atomic mass is 9.84.